The first-order valence-corrected chi connectivity index (χ1v) is 8.43. The van der Waals surface area contributed by atoms with Gasteiger partial charge in [0.15, 0.2) is 0 Å². The molecule has 2 aromatic rings. The molecule has 6 heteroatoms. The SMILES string of the molecule is CCOC(=O)c1sc(NC(C)C)c(C#N)c1-c1ccc(Cl)cc1. The largest absolute Gasteiger partial charge is 0.462 e. The van der Waals surface area contributed by atoms with Crippen molar-refractivity contribution >= 4 is 33.9 Å². The molecule has 0 bridgehead atoms. The van der Waals surface area contributed by atoms with Crippen LogP contribution < -0.4 is 5.32 Å². The Bertz CT molecular complexity index is 745. The van der Waals surface area contributed by atoms with E-state index in [2.05, 4.69) is 11.4 Å². The molecule has 0 aliphatic heterocycles. The molecule has 0 radical (unpaired) electrons. The first-order valence-electron chi connectivity index (χ1n) is 7.24. The van der Waals surface area contributed by atoms with Gasteiger partial charge < -0.3 is 10.1 Å². The molecule has 1 aromatic heterocycles. The van der Waals surface area contributed by atoms with Gasteiger partial charge in [0, 0.05) is 16.6 Å². The molecular formula is C17H17ClN2O2S. The number of benzene rings is 1. The number of nitrogens with zero attached hydrogens (tertiary/aromatic N) is 1. The van der Waals surface area contributed by atoms with Crippen molar-refractivity contribution in [3.8, 4) is 17.2 Å². The summed E-state index contributed by atoms with van der Waals surface area (Å²) >= 11 is 7.18. The normalized spacial score (nSPS) is 10.4. The van der Waals surface area contributed by atoms with Crippen LogP contribution in [0.3, 0.4) is 0 Å². The Morgan fingerprint density at radius 3 is 2.57 bits per heavy atom. The standard InChI is InChI=1S/C17H17ClN2O2S/c1-4-22-17(21)15-14(11-5-7-12(18)8-6-11)13(9-19)16(23-15)20-10(2)3/h5-8,10,20H,4H2,1-3H3. The van der Waals surface area contributed by atoms with E-state index in [1.807, 2.05) is 13.8 Å². The number of carbonyl (C=O) groups is 1. The van der Waals surface area contributed by atoms with E-state index in [4.69, 9.17) is 16.3 Å². The lowest BCUT2D eigenvalue weighted by Crippen LogP contribution is -2.09. The first kappa shape index (κ1) is 17.3. The minimum atomic E-state index is -0.421. The van der Waals surface area contributed by atoms with Gasteiger partial charge in [0.1, 0.15) is 15.9 Å². The lowest BCUT2D eigenvalue weighted by Gasteiger charge is -2.07. The molecule has 1 N–H and O–H groups in total. The van der Waals surface area contributed by atoms with Crippen LogP contribution in [0.15, 0.2) is 24.3 Å². The van der Waals surface area contributed by atoms with E-state index in [1.165, 1.54) is 11.3 Å². The van der Waals surface area contributed by atoms with Gasteiger partial charge in [0.2, 0.25) is 0 Å². The highest BCUT2D eigenvalue weighted by atomic mass is 35.5. The third-order valence-electron chi connectivity index (χ3n) is 3.03. The highest BCUT2D eigenvalue weighted by Crippen LogP contribution is 2.40. The second kappa shape index (κ2) is 7.49. The molecule has 2 rings (SSSR count). The van der Waals surface area contributed by atoms with Crippen LogP contribution >= 0.6 is 22.9 Å². The van der Waals surface area contributed by atoms with Crippen molar-refractivity contribution < 1.29 is 9.53 Å². The molecule has 0 aliphatic carbocycles. The number of ether oxygens (including phenoxy) is 1. The number of halogens is 1. The van der Waals surface area contributed by atoms with E-state index in [9.17, 15) is 10.1 Å². The number of carbonyl (C=O) groups excluding carboxylic acids is 1. The molecule has 1 heterocycles. The lowest BCUT2D eigenvalue weighted by atomic mass is 10.0. The second-order valence-electron chi connectivity index (χ2n) is 5.15. The molecule has 0 spiro atoms. The van der Waals surface area contributed by atoms with Gasteiger partial charge in [-0.15, -0.1) is 11.3 Å². The predicted molar refractivity (Wildman–Crippen MR) is 94.2 cm³/mol. The zero-order valence-electron chi connectivity index (χ0n) is 13.1. The number of esters is 1. The monoisotopic (exact) mass is 348 g/mol. The zero-order valence-corrected chi connectivity index (χ0v) is 14.7. The van der Waals surface area contributed by atoms with Gasteiger partial charge in [-0.1, -0.05) is 23.7 Å². The van der Waals surface area contributed by atoms with Crippen LogP contribution in [0, 0.1) is 11.3 Å². The second-order valence-corrected chi connectivity index (χ2v) is 6.61. The predicted octanol–water partition coefficient (Wildman–Crippen LogP) is 4.94. The third kappa shape index (κ3) is 3.84. The smallest absolute Gasteiger partial charge is 0.349 e. The average Bonchev–Trinajstić information content (AvgIpc) is 2.86. The van der Waals surface area contributed by atoms with E-state index in [-0.39, 0.29) is 12.6 Å². The van der Waals surface area contributed by atoms with Crippen molar-refractivity contribution in [2.24, 2.45) is 0 Å². The number of anilines is 1. The minimum Gasteiger partial charge on any atom is -0.462 e. The summed E-state index contributed by atoms with van der Waals surface area (Å²) in [5.41, 5.74) is 1.81. The maximum atomic E-state index is 12.3. The van der Waals surface area contributed by atoms with Crippen molar-refractivity contribution in [3.05, 3.63) is 39.7 Å². The zero-order chi connectivity index (χ0) is 17.0. The fourth-order valence-corrected chi connectivity index (χ4v) is 3.47. The van der Waals surface area contributed by atoms with Crippen LogP contribution in [0.4, 0.5) is 5.00 Å². The Labute approximate surface area is 144 Å². The van der Waals surface area contributed by atoms with Crippen LogP contribution in [0.25, 0.3) is 11.1 Å². The van der Waals surface area contributed by atoms with Gasteiger partial charge in [0.05, 0.1) is 12.2 Å². The maximum Gasteiger partial charge on any atom is 0.349 e. The number of nitriles is 1. The Morgan fingerprint density at radius 1 is 1.39 bits per heavy atom. The molecule has 4 nitrogen and oxygen atoms in total. The molecule has 0 atom stereocenters. The van der Waals surface area contributed by atoms with Crippen LogP contribution in [0.2, 0.25) is 5.02 Å². The highest BCUT2D eigenvalue weighted by molar-refractivity contribution is 7.18. The molecule has 0 saturated heterocycles. The molecular weight excluding hydrogens is 332 g/mol. The van der Waals surface area contributed by atoms with Crippen molar-refractivity contribution in [3.63, 3.8) is 0 Å². The summed E-state index contributed by atoms with van der Waals surface area (Å²) in [6, 6.07) is 9.42. The number of hydrogen-bond acceptors (Lipinski definition) is 5. The molecule has 0 aliphatic rings. The Balaban J connectivity index is 2.64. The molecule has 23 heavy (non-hydrogen) atoms. The summed E-state index contributed by atoms with van der Waals surface area (Å²) in [5.74, 6) is -0.421. The van der Waals surface area contributed by atoms with Crippen molar-refractivity contribution in [1.29, 1.82) is 5.26 Å². The first-order chi connectivity index (χ1) is 11.0. The molecule has 0 fully saturated rings. The summed E-state index contributed by atoms with van der Waals surface area (Å²) in [6.07, 6.45) is 0. The van der Waals surface area contributed by atoms with Crippen molar-refractivity contribution in [2.75, 3.05) is 11.9 Å². The number of rotatable bonds is 5. The summed E-state index contributed by atoms with van der Waals surface area (Å²) in [5, 5.41) is 14.1. The summed E-state index contributed by atoms with van der Waals surface area (Å²) in [4.78, 5) is 12.7. The minimum absolute atomic E-state index is 0.147. The topological polar surface area (TPSA) is 62.1 Å². The number of thiophene rings is 1. The van der Waals surface area contributed by atoms with Crippen LogP contribution in [0.5, 0.6) is 0 Å². The van der Waals surface area contributed by atoms with Crippen LogP contribution in [-0.2, 0) is 4.74 Å². The fourth-order valence-electron chi connectivity index (χ4n) is 2.13. The van der Waals surface area contributed by atoms with E-state index in [0.29, 0.717) is 26.0 Å². The summed E-state index contributed by atoms with van der Waals surface area (Å²) in [6.45, 7) is 6.00. The quantitative estimate of drug-likeness (QED) is 0.777. The molecule has 0 amide bonds. The van der Waals surface area contributed by atoms with E-state index >= 15 is 0 Å². The molecule has 1 aromatic carbocycles. The lowest BCUT2D eigenvalue weighted by molar-refractivity contribution is 0.0533. The van der Waals surface area contributed by atoms with Gasteiger partial charge in [-0.2, -0.15) is 5.26 Å². The van der Waals surface area contributed by atoms with E-state index in [0.717, 1.165) is 5.56 Å². The fraction of sp³-hybridized carbons (Fsp3) is 0.294. The van der Waals surface area contributed by atoms with E-state index in [1.54, 1.807) is 31.2 Å². The van der Waals surface area contributed by atoms with Gasteiger partial charge in [0.25, 0.3) is 0 Å². The van der Waals surface area contributed by atoms with Crippen molar-refractivity contribution in [1.82, 2.24) is 0 Å². The van der Waals surface area contributed by atoms with Crippen molar-refractivity contribution in [2.45, 2.75) is 26.8 Å². The van der Waals surface area contributed by atoms with Gasteiger partial charge in [-0.3, -0.25) is 0 Å². The Kier molecular flexibility index (Phi) is 5.64. The average molecular weight is 349 g/mol. The van der Waals surface area contributed by atoms with Gasteiger partial charge >= 0.3 is 5.97 Å². The molecule has 0 unspecified atom stereocenters. The van der Waals surface area contributed by atoms with Crippen LogP contribution in [-0.4, -0.2) is 18.6 Å². The van der Waals surface area contributed by atoms with E-state index < -0.39 is 5.97 Å². The maximum absolute atomic E-state index is 12.3. The third-order valence-corrected chi connectivity index (χ3v) is 4.39. The Hall–Kier alpha value is -2.03. The number of nitrogens with one attached hydrogen (secondary N) is 1. The van der Waals surface area contributed by atoms with Gasteiger partial charge in [-0.25, -0.2) is 4.79 Å². The summed E-state index contributed by atoms with van der Waals surface area (Å²) in [7, 11) is 0. The van der Waals surface area contributed by atoms with Gasteiger partial charge in [-0.05, 0) is 38.5 Å². The highest BCUT2D eigenvalue weighted by Gasteiger charge is 2.25. The Morgan fingerprint density at radius 2 is 2.04 bits per heavy atom. The van der Waals surface area contributed by atoms with Crippen LogP contribution in [0.1, 0.15) is 36.0 Å². The summed E-state index contributed by atoms with van der Waals surface area (Å²) < 4.78 is 5.14. The molecule has 120 valence electrons. The number of hydrogen-bond donors (Lipinski definition) is 1. The molecule has 0 saturated carbocycles.